The number of aryl methyl sites for hydroxylation is 1. The number of pyridine rings is 1. The topological polar surface area (TPSA) is 95.1 Å². The largest absolute Gasteiger partial charge is 0.493 e. The minimum Gasteiger partial charge on any atom is -0.493 e. The monoisotopic (exact) mass is 583 g/mol. The van der Waals surface area contributed by atoms with E-state index < -0.39 is 5.41 Å². The van der Waals surface area contributed by atoms with E-state index in [1.807, 2.05) is 60.4 Å². The van der Waals surface area contributed by atoms with Crippen LogP contribution in [0.1, 0.15) is 57.2 Å². The van der Waals surface area contributed by atoms with E-state index in [1.54, 1.807) is 43.1 Å². The molecule has 0 aliphatic carbocycles. The number of fused-ring (bicyclic) bond motifs is 2. The quantitative estimate of drug-likeness (QED) is 0.255. The van der Waals surface area contributed by atoms with Crippen molar-refractivity contribution in [1.29, 1.82) is 0 Å². The first-order chi connectivity index (χ1) is 20.7. The smallest absolute Gasteiger partial charge is 0.242 e. The van der Waals surface area contributed by atoms with Crippen molar-refractivity contribution in [3.63, 3.8) is 0 Å². The molecule has 3 amide bonds. The molecule has 1 atom stereocenters. The van der Waals surface area contributed by atoms with Gasteiger partial charge in [-0.1, -0.05) is 18.2 Å². The highest BCUT2D eigenvalue weighted by molar-refractivity contribution is 6.20. The molecule has 9 nitrogen and oxygen atoms in total. The van der Waals surface area contributed by atoms with E-state index in [0.717, 1.165) is 30.5 Å². The third-order valence-corrected chi connectivity index (χ3v) is 8.46. The molecule has 226 valence electrons. The number of hydrogen-bond acceptors (Lipinski definition) is 6. The summed E-state index contributed by atoms with van der Waals surface area (Å²) in [6.45, 7) is 7.56. The van der Waals surface area contributed by atoms with Crippen LogP contribution in [0, 0.1) is 5.41 Å². The standard InChI is InChI=1S/C34H41N5O4/c1-5-38-29-13-12-26(23-30(29)37(4)32(41)34(2,3)33(38)42)43-22-8-18-36-27(24-15-19-35-20-16-24)17-21-39-28-10-7-6-9-25(28)11-14-31(39)40/h6-7,9-10,12-13,15-16,19-20,23,27,36H,5,8,11,14,17-18,21-22H2,1-4H3. The van der Waals surface area contributed by atoms with Gasteiger partial charge in [0.2, 0.25) is 17.7 Å². The number of rotatable bonds is 11. The number of carbonyl (C=O) groups excluding carboxylic acids is 3. The summed E-state index contributed by atoms with van der Waals surface area (Å²) in [6, 6.07) is 17.8. The molecule has 3 heterocycles. The zero-order valence-corrected chi connectivity index (χ0v) is 25.5. The van der Waals surface area contributed by atoms with Gasteiger partial charge in [0.05, 0.1) is 18.0 Å². The number of anilines is 3. The average molecular weight is 584 g/mol. The summed E-state index contributed by atoms with van der Waals surface area (Å²) in [5.74, 6) is 0.370. The number of hydrogen-bond donors (Lipinski definition) is 1. The van der Waals surface area contributed by atoms with Crippen LogP contribution in [-0.2, 0) is 20.8 Å². The van der Waals surface area contributed by atoms with Gasteiger partial charge >= 0.3 is 0 Å². The van der Waals surface area contributed by atoms with Gasteiger partial charge in [-0.3, -0.25) is 19.4 Å². The number of carbonyl (C=O) groups is 3. The Bertz CT molecular complexity index is 1470. The van der Waals surface area contributed by atoms with Gasteiger partial charge in [-0.2, -0.15) is 0 Å². The highest BCUT2D eigenvalue weighted by atomic mass is 16.5. The van der Waals surface area contributed by atoms with Crippen LogP contribution in [0.4, 0.5) is 17.1 Å². The molecule has 0 saturated heterocycles. The summed E-state index contributed by atoms with van der Waals surface area (Å²) >= 11 is 0. The van der Waals surface area contributed by atoms with Gasteiger partial charge in [-0.15, -0.1) is 0 Å². The van der Waals surface area contributed by atoms with Crippen LogP contribution in [0.25, 0.3) is 0 Å². The highest BCUT2D eigenvalue weighted by Crippen LogP contribution is 2.40. The molecule has 5 rings (SSSR count). The first-order valence-electron chi connectivity index (χ1n) is 15.1. The second-order valence-corrected chi connectivity index (χ2v) is 11.6. The fraction of sp³-hybridized carbons (Fsp3) is 0.412. The van der Waals surface area contributed by atoms with Gasteiger partial charge in [0.25, 0.3) is 0 Å². The molecule has 1 N–H and O–H groups in total. The van der Waals surface area contributed by atoms with E-state index in [1.165, 1.54) is 5.56 Å². The Morgan fingerprint density at radius 2 is 1.70 bits per heavy atom. The molecular weight excluding hydrogens is 542 g/mol. The molecule has 2 aromatic carbocycles. The molecule has 0 radical (unpaired) electrons. The van der Waals surface area contributed by atoms with E-state index in [-0.39, 0.29) is 23.8 Å². The fourth-order valence-corrected chi connectivity index (χ4v) is 5.99. The third kappa shape index (κ3) is 6.27. The van der Waals surface area contributed by atoms with Crippen molar-refractivity contribution in [2.24, 2.45) is 5.41 Å². The second kappa shape index (κ2) is 13.0. The predicted octanol–water partition coefficient (Wildman–Crippen LogP) is 4.91. The molecule has 0 spiro atoms. The number of para-hydroxylation sites is 1. The lowest BCUT2D eigenvalue weighted by molar-refractivity contribution is -0.137. The predicted molar refractivity (Wildman–Crippen MR) is 168 cm³/mol. The van der Waals surface area contributed by atoms with E-state index >= 15 is 0 Å². The number of ether oxygens (including phenoxy) is 1. The number of aromatic nitrogens is 1. The Hall–Kier alpha value is -4.24. The Morgan fingerprint density at radius 3 is 2.47 bits per heavy atom. The first-order valence-corrected chi connectivity index (χ1v) is 15.1. The molecule has 0 saturated carbocycles. The van der Waals surface area contributed by atoms with Crippen LogP contribution in [0.5, 0.6) is 5.75 Å². The Kier molecular flexibility index (Phi) is 9.11. The number of benzene rings is 2. The molecule has 3 aromatic rings. The van der Waals surface area contributed by atoms with Crippen molar-refractivity contribution in [3.05, 3.63) is 78.1 Å². The maximum absolute atomic E-state index is 13.1. The summed E-state index contributed by atoms with van der Waals surface area (Å²) in [4.78, 5) is 48.4. The number of nitrogens with zero attached hydrogens (tertiary/aromatic N) is 4. The molecule has 0 fully saturated rings. The van der Waals surface area contributed by atoms with Gasteiger partial charge in [0.1, 0.15) is 11.2 Å². The summed E-state index contributed by atoms with van der Waals surface area (Å²) in [6.07, 6.45) is 6.44. The summed E-state index contributed by atoms with van der Waals surface area (Å²) in [7, 11) is 1.71. The number of amides is 3. The fourth-order valence-electron chi connectivity index (χ4n) is 5.99. The lowest BCUT2D eigenvalue weighted by atomic mass is 9.90. The minimum absolute atomic E-state index is 0.0537. The highest BCUT2D eigenvalue weighted by Gasteiger charge is 2.45. The van der Waals surface area contributed by atoms with Crippen molar-refractivity contribution in [2.75, 3.05) is 48.0 Å². The molecule has 43 heavy (non-hydrogen) atoms. The van der Waals surface area contributed by atoms with Gasteiger partial charge in [-0.25, -0.2) is 0 Å². The second-order valence-electron chi connectivity index (χ2n) is 11.6. The molecule has 9 heteroatoms. The van der Waals surface area contributed by atoms with Gasteiger partial charge in [0.15, 0.2) is 0 Å². The molecular formula is C34H41N5O4. The van der Waals surface area contributed by atoms with E-state index in [0.29, 0.717) is 49.8 Å². The van der Waals surface area contributed by atoms with Crippen molar-refractivity contribution in [2.45, 2.75) is 52.5 Å². The van der Waals surface area contributed by atoms with Crippen molar-refractivity contribution < 1.29 is 19.1 Å². The van der Waals surface area contributed by atoms with Crippen LogP contribution in [0.15, 0.2) is 67.0 Å². The van der Waals surface area contributed by atoms with Crippen LogP contribution in [0.3, 0.4) is 0 Å². The van der Waals surface area contributed by atoms with E-state index in [2.05, 4.69) is 16.4 Å². The van der Waals surface area contributed by atoms with Crippen LogP contribution in [0.2, 0.25) is 0 Å². The van der Waals surface area contributed by atoms with Crippen molar-refractivity contribution in [1.82, 2.24) is 10.3 Å². The van der Waals surface area contributed by atoms with E-state index in [4.69, 9.17) is 4.74 Å². The molecule has 0 bridgehead atoms. The molecule has 1 unspecified atom stereocenters. The molecule has 2 aliphatic heterocycles. The lowest BCUT2D eigenvalue weighted by Gasteiger charge is -2.31. The lowest BCUT2D eigenvalue weighted by Crippen LogP contribution is -2.47. The zero-order chi connectivity index (χ0) is 30.6. The molecule has 1 aromatic heterocycles. The maximum atomic E-state index is 13.1. The van der Waals surface area contributed by atoms with E-state index in [9.17, 15) is 14.4 Å². The minimum atomic E-state index is -1.15. The molecule has 2 aliphatic rings. The Labute approximate surface area is 253 Å². The number of nitrogens with one attached hydrogen (secondary N) is 1. The van der Waals surface area contributed by atoms with Gasteiger partial charge < -0.3 is 24.8 Å². The van der Waals surface area contributed by atoms with Crippen molar-refractivity contribution >= 4 is 34.8 Å². The van der Waals surface area contributed by atoms with Crippen LogP contribution in [-0.4, -0.2) is 56.0 Å². The third-order valence-electron chi connectivity index (χ3n) is 8.46. The average Bonchev–Trinajstić information content (AvgIpc) is 3.07. The maximum Gasteiger partial charge on any atom is 0.242 e. The van der Waals surface area contributed by atoms with Crippen LogP contribution >= 0.6 is 0 Å². The summed E-state index contributed by atoms with van der Waals surface area (Å²) in [5.41, 5.74) is 3.59. The Morgan fingerprint density at radius 1 is 0.930 bits per heavy atom. The Balaban J connectivity index is 1.20. The van der Waals surface area contributed by atoms with Crippen molar-refractivity contribution in [3.8, 4) is 5.75 Å². The SMILES string of the molecule is CCN1C(=O)C(C)(C)C(=O)N(C)c2cc(OCCCNC(CCN3C(=O)CCc4ccccc43)c3ccncc3)ccc21. The van der Waals surface area contributed by atoms with Gasteiger partial charge in [-0.05, 0) is 88.0 Å². The van der Waals surface area contributed by atoms with Gasteiger partial charge in [0, 0.05) is 56.7 Å². The summed E-state index contributed by atoms with van der Waals surface area (Å²) in [5, 5.41) is 3.66. The first kappa shape index (κ1) is 30.2. The zero-order valence-electron chi connectivity index (χ0n) is 25.5. The summed E-state index contributed by atoms with van der Waals surface area (Å²) < 4.78 is 6.10. The van der Waals surface area contributed by atoms with Crippen LogP contribution < -0.4 is 24.8 Å². The normalized spacial score (nSPS) is 16.9.